The molecule has 37 heavy (non-hydrogen) atoms. The number of aromatic nitrogens is 2. The maximum Gasteiger partial charge on any atom is 0.431 e. The molecule has 0 saturated carbocycles. The lowest BCUT2D eigenvalue weighted by Crippen LogP contribution is -2.41. The smallest absolute Gasteiger partial charge is 0.431 e. The number of alkyl halides is 2. The quantitative estimate of drug-likeness (QED) is 0.451. The van der Waals surface area contributed by atoms with E-state index in [-0.39, 0.29) is 23.9 Å². The number of carbonyl (C=O) groups is 2. The Balaban J connectivity index is 1.52. The van der Waals surface area contributed by atoms with Gasteiger partial charge >= 0.3 is 12.7 Å². The molecule has 0 aliphatic carbocycles. The van der Waals surface area contributed by atoms with E-state index in [4.69, 9.17) is 9.47 Å². The van der Waals surface area contributed by atoms with Crippen molar-refractivity contribution in [2.24, 2.45) is 5.10 Å². The van der Waals surface area contributed by atoms with Gasteiger partial charge in [0.05, 0.1) is 13.7 Å². The molecule has 0 saturated heterocycles. The lowest BCUT2D eigenvalue weighted by molar-refractivity contribution is -0.0512. The number of carbonyl (C=O) groups excluding carboxylic acids is 2. The topological polar surface area (TPSA) is 115 Å². The minimum absolute atomic E-state index is 0.0421. The summed E-state index contributed by atoms with van der Waals surface area (Å²) in [6, 6.07) is 12.8. The van der Waals surface area contributed by atoms with Crippen molar-refractivity contribution in [3.8, 4) is 11.5 Å². The summed E-state index contributed by atoms with van der Waals surface area (Å²) in [7, 11) is 1.34. The summed E-state index contributed by atoms with van der Waals surface area (Å²) in [4.78, 5) is 32.7. The molecule has 0 bridgehead atoms. The number of anilines is 1. The van der Waals surface area contributed by atoms with E-state index < -0.39 is 24.7 Å². The molecule has 1 unspecified atom stereocenters. The fourth-order valence-electron chi connectivity index (χ4n) is 3.58. The van der Waals surface area contributed by atoms with Crippen molar-refractivity contribution in [3.63, 3.8) is 0 Å². The highest BCUT2D eigenvalue weighted by Crippen LogP contribution is 2.31. The van der Waals surface area contributed by atoms with Crippen LogP contribution in [0.4, 0.5) is 19.3 Å². The zero-order valence-corrected chi connectivity index (χ0v) is 19.9. The van der Waals surface area contributed by atoms with E-state index in [2.05, 4.69) is 25.1 Å². The largest absolute Gasteiger partial charge is 0.493 e. The van der Waals surface area contributed by atoms with Crippen molar-refractivity contribution in [1.29, 1.82) is 0 Å². The minimum Gasteiger partial charge on any atom is -0.493 e. The maximum atomic E-state index is 12.7. The number of nitrogens with one attached hydrogen (secondary N) is 1. The number of methoxy groups -OCH3 is 1. The van der Waals surface area contributed by atoms with E-state index in [1.807, 2.05) is 6.92 Å². The molecule has 1 aromatic heterocycles. The lowest BCUT2D eigenvalue weighted by Gasteiger charge is -2.29. The first-order chi connectivity index (χ1) is 17.9. The van der Waals surface area contributed by atoms with Gasteiger partial charge in [0.15, 0.2) is 11.5 Å². The predicted molar refractivity (Wildman–Crippen MR) is 129 cm³/mol. The molecular weight excluding hydrogens is 488 g/mol. The number of hydrazone groups is 1. The Morgan fingerprint density at radius 2 is 1.86 bits per heavy atom. The Morgan fingerprint density at radius 1 is 1.14 bits per heavy atom. The number of hydrogen-bond donors (Lipinski definition) is 1. The maximum absolute atomic E-state index is 12.7. The second-order valence-electron chi connectivity index (χ2n) is 7.79. The summed E-state index contributed by atoms with van der Waals surface area (Å²) >= 11 is 0. The van der Waals surface area contributed by atoms with Crippen LogP contribution in [-0.4, -0.2) is 52.5 Å². The zero-order chi connectivity index (χ0) is 26.4. The summed E-state index contributed by atoms with van der Waals surface area (Å²) in [5.74, 6) is -0.434. The van der Waals surface area contributed by atoms with Gasteiger partial charge in [-0.05, 0) is 48.4 Å². The standard InChI is InChI=1S/C25H23F2N5O5/c1-3-18-21(16-7-10-19(36-24(26)27)20(13-16)35-2)31-32(25(34)37-18)14-15-5-8-17(9-6-15)30-23(33)22-28-11-4-12-29-22/h4-13,18,24H,3,14H2,1-2H3,(H,30,33). The van der Waals surface area contributed by atoms with Gasteiger partial charge in [-0.2, -0.15) is 18.9 Å². The molecular formula is C25H23F2N5O5. The van der Waals surface area contributed by atoms with Crippen LogP contribution in [0.2, 0.25) is 0 Å². The Kier molecular flexibility index (Phi) is 7.86. The van der Waals surface area contributed by atoms with E-state index in [9.17, 15) is 18.4 Å². The van der Waals surface area contributed by atoms with Crippen LogP contribution in [0.3, 0.4) is 0 Å². The number of amides is 2. The van der Waals surface area contributed by atoms with Gasteiger partial charge in [0.2, 0.25) is 5.82 Å². The second-order valence-corrected chi connectivity index (χ2v) is 7.79. The first-order valence-electron chi connectivity index (χ1n) is 11.2. The number of hydrogen-bond acceptors (Lipinski definition) is 8. The highest BCUT2D eigenvalue weighted by molar-refractivity contribution is 6.06. The molecule has 12 heteroatoms. The van der Waals surface area contributed by atoms with Crippen LogP contribution in [0.15, 0.2) is 66.0 Å². The van der Waals surface area contributed by atoms with Gasteiger partial charge in [-0.3, -0.25) is 4.79 Å². The van der Waals surface area contributed by atoms with Gasteiger partial charge in [0.25, 0.3) is 5.91 Å². The third-order valence-electron chi connectivity index (χ3n) is 5.35. The second kappa shape index (κ2) is 11.4. The van der Waals surface area contributed by atoms with Gasteiger partial charge in [-0.1, -0.05) is 19.1 Å². The Labute approximate surface area is 210 Å². The summed E-state index contributed by atoms with van der Waals surface area (Å²) in [5, 5.41) is 8.37. The number of benzene rings is 2. The molecule has 1 atom stereocenters. The molecule has 10 nitrogen and oxygen atoms in total. The number of cyclic esters (lactones) is 1. The van der Waals surface area contributed by atoms with Crippen molar-refractivity contribution in [2.45, 2.75) is 32.6 Å². The number of nitrogens with zero attached hydrogens (tertiary/aromatic N) is 4. The van der Waals surface area contributed by atoms with Crippen molar-refractivity contribution < 1.29 is 32.6 Å². The van der Waals surface area contributed by atoms with Gasteiger partial charge in [0.1, 0.15) is 11.8 Å². The fourth-order valence-corrected chi connectivity index (χ4v) is 3.58. The Hall–Kier alpha value is -4.61. The van der Waals surface area contributed by atoms with Gasteiger partial charge in [-0.25, -0.2) is 14.8 Å². The molecule has 1 N–H and O–H groups in total. The minimum atomic E-state index is -3.00. The van der Waals surface area contributed by atoms with Crippen molar-refractivity contribution in [1.82, 2.24) is 15.0 Å². The van der Waals surface area contributed by atoms with E-state index in [0.29, 0.717) is 23.4 Å². The fraction of sp³-hybridized carbons (Fsp3) is 0.240. The molecule has 1 aliphatic heterocycles. The number of halogens is 2. The summed E-state index contributed by atoms with van der Waals surface area (Å²) < 4.78 is 40.6. The van der Waals surface area contributed by atoms with Crippen LogP contribution >= 0.6 is 0 Å². The monoisotopic (exact) mass is 511 g/mol. The van der Waals surface area contributed by atoms with Crippen molar-refractivity contribution in [2.75, 3.05) is 12.4 Å². The highest BCUT2D eigenvalue weighted by atomic mass is 19.3. The molecule has 192 valence electrons. The van der Waals surface area contributed by atoms with Crippen molar-refractivity contribution in [3.05, 3.63) is 77.9 Å². The molecule has 2 aromatic carbocycles. The molecule has 0 radical (unpaired) electrons. The molecule has 0 fully saturated rings. The number of rotatable bonds is 9. The van der Waals surface area contributed by atoms with Crippen LogP contribution in [0.25, 0.3) is 0 Å². The molecule has 1 aliphatic rings. The van der Waals surface area contributed by atoms with E-state index in [1.165, 1.54) is 36.6 Å². The highest BCUT2D eigenvalue weighted by Gasteiger charge is 2.31. The normalized spacial score (nSPS) is 15.2. The zero-order valence-electron chi connectivity index (χ0n) is 19.9. The molecule has 4 rings (SSSR count). The molecule has 3 aromatic rings. The van der Waals surface area contributed by atoms with E-state index >= 15 is 0 Å². The first-order valence-corrected chi connectivity index (χ1v) is 11.2. The van der Waals surface area contributed by atoms with Crippen LogP contribution in [0, 0.1) is 0 Å². The lowest BCUT2D eigenvalue weighted by atomic mass is 10.0. The summed E-state index contributed by atoms with van der Waals surface area (Å²) in [5.41, 5.74) is 2.22. The van der Waals surface area contributed by atoms with Gasteiger partial charge in [0, 0.05) is 23.6 Å². The summed E-state index contributed by atoms with van der Waals surface area (Å²) in [6.45, 7) is -1.07. The van der Waals surface area contributed by atoms with Crippen LogP contribution < -0.4 is 14.8 Å². The van der Waals surface area contributed by atoms with E-state index in [0.717, 1.165) is 5.56 Å². The van der Waals surface area contributed by atoms with Crippen LogP contribution in [0.1, 0.15) is 35.1 Å². The van der Waals surface area contributed by atoms with E-state index in [1.54, 1.807) is 36.4 Å². The van der Waals surface area contributed by atoms with Crippen LogP contribution in [0.5, 0.6) is 11.5 Å². The number of ether oxygens (including phenoxy) is 3. The SMILES string of the molecule is CCC1OC(=O)N(Cc2ccc(NC(=O)c3ncccn3)cc2)N=C1c1ccc(OC(F)F)c(OC)c1. The summed E-state index contributed by atoms with van der Waals surface area (Å²) in [6.07, 6.45) is 2.15. The van der Waals surface area contributed by atoms with Crippen molar-refractivity contribution >= 4 is 23.4 Å². The molecule has 2 heterocycles. The first kappa shape index (κ1) is 25.5. The Bertz CT molecular complexity index is 1290. The molecule has 0 spiro atoms. The molecule has 2 amide bonds. The van der Waals surface area contributed by atoms with Gasteiger partial charge in [-0.15, -0.1) is 0 Å². The third-order valence-corrected chi connectivity index (χ3v) is 5.35. The Morgan fingerprint density at radius 3 is 2.51 bits per heavy atom. The predicted octanol–water partition coefficient (Wildman–Crippen LogP) is 4.47. The average Bonchev–Trinajstić information content (AvgIpc) is 2.91. The van der Waals surface area contributed by atoms with Crippen LogP contribution in [-0.2, 0) is 11.3 Å². The third kappa shape index (κ3) is 6.15. The average molecular weight is 511 g/mol. The van der Waals surface area contributed by atoms with Gasteiger partial charge < -0.3 is 19.5 Å².